The van der Waals surface area contributed by atoms with Crippen molar-refractivity contribution in [3.63, 3.8) is 0 Å². The molecule has 6 heteroatoms. The molecule has 0 aromatic heterocycles. The first kappa shape index (κ1) is 20.1. The van der Waals surface area contributed by atoms with Gasteiger partial charge in [0.05, 0.1) is 6.54 Å². The summed E-state index contributed by atoms with van der Waals surface area (Å²) in [5.41, 5.74) is 1.73. The average Bonchev–Trinajstić information content (AvgIpc) is 2.31. The van der Waals surface area contributed by atoms with Gasteiger partial charge in [-0.2, -0.15) is 0 Å². The van der Waals surface area contributed by atoms with Crippen molar-refractivity contribution in [3.8, 4) is 0 Å². The van der Waals surface area contributed by atoms with Gasteiger partial charge >= 0.3 is 0 Å². The van der Waals surface area contributed by atoms with E-state index in [-0.39, 0.29) is 29.8 Å². The summed E-state index contributed by atoms with van der Waals surface area (Å²) in [7, 11) is 11.7. The molecular weight excluding hydrogens is 382 g/mol. The summed E-state index contributed by atoms with van der Waals surface area (Å²) in [6.07, 6.45) is 0. The van der Waals surface area contributed by atoms with Crippen LogP contribution in [0.5, 0.6) is 0 Å². The molecule has 1 rings (SSSR count). The third-order valence-corrected chi connectivity index (χ3v) is 2.80. The number of guanidine groups is 1. The molecule has 4 nitrogen and oxygen atoms in total. The summed E-state index contributed by atoms with van der Waals surface area (Å²) in [5, 5.41) is 0. The second kappa shape index (κ2) is 9.19. The van der Waals surface area contributed by atoms with Crippen molar-refractivity contribution in [3.05, 3.63) is 35.1 Å². The molecule has 0 fully saturated rings. The highest BCUT2D eigenvalue weighted by atomic mass is 127. The fourth-order valence-electron chi connectivity index (χ4n) is 2.03. The first-order valence-corrected chi connectivity index (χ1v) is 6.62. The van der Waals surface area contributed by atoms with Crippen molar-refractivity contribution < 1.29 is 4.39 Å². The quantitative estimate of drug-likeness (QED) is 0.434. The van der Waals surface area contributed by atoms with E-state index >= 15 is 0 Å². The van der Waals surface area contributed by atoms with Crippen LogP contribution in [0.1, 0.15) is 11.1 Å². The van der Waals surface area contributed by atoms with E-state index in [0.717, 1.165) is 11.5 Å². The first-order valence-electron chi connectivity index (χ1n) is 6.62. The van der Waals surface area contributed by atoms with Crippen LogP contribution in [0.25, 0.3) is 0 Å². The number of hydrogen-bond acceptors (Lipinski definition) is 2. The van der Waals surface area contributed by atoms with Crippen molar-refractivity contribution in [2.24, 2.45) is 4.99 Å². The highest BCUT2D eigenvalue weighted by molar-refractivity contribution is 14.0. The van der Waals surface area contributed by atoms with Gasteiger partial charge in [-0.05, 0) is 31.8 Å². The maximum absolute atomic E-state index is 13.7. The molecule has 0 atom stereocenters. The van der Waals surface area contributed by atoms with E-state index < -0.39 is 0 Å². The van der Waals surface area contributed by atoms with E-state index in [4.69, 9.17) is 0 Å². The van der Waals surface area contributed by atoms with Crippen molar-refractivity contribution in [2.45, 2.75) is 13.1 Å². The summed E-state index contributed by atoms with van der Waals surface area (Å²) >= 11 is 0. The minimum atomic E-state index is -0.160. The van der Waals surface area contributed by atoms with Crippen LogP contribution >= 0.6 is 24.0 Å². The van der Waals surface area contributed by atoms with Crippen LogP contribution in [0.4, 0.5) is 4.39 Å². The Balaban J connectivity index is 0.00000400. The van der Waals surface area contributed by atoms with Crippen LogP contribution in [0.15, 0.2) is 23.2 Å². The zero-order valence-corrected chi connectivity index (χ0v) is 16.1. The van der Waals surface area contributed by atoms with Gasteiger partial charge < -0.3 is 14.7 Å². The van der Waals surface area contributed by atoms with Gasteiger partial charge in [0.2, 0.25) is 0 Å². The van der Waals surface area contributed by atoms with Gasteiger partial charge in [-0.25, -0.2) is 9.38 Å². The number of rotatable bonds is 4. The molecule has 0 aliphatic rings. The molecule has 0 spiro atoms. The molecule has 0 heterocycles. The van der Waals surface area contributed by atoms with E-state index in [1.165, 1.54) is 6.07 Å². The number of nitrogens with zero attached hydrogens (tertiary/aromatic N) is 4. The number of aliphatic imine (C=N–C) groups is 1. The zero-order valence-electron chi connectivity index (χ0n) is 13.7. The van der Waals surface area contributed by atoms with E-state index in [1.807, 2.05) is 63.1 Å². The SMILES string of the molecule is CN(C)Cc1cc(CN=C(N(C)C)N(C)C)ccc1F.I. The second-order valence-corrected chi connectivity index (χ2v) is 5.57. The van der Waals surface area contributed by atoms with E-state index in [9.17, 15) is 4.39 Å². The van der Waals surface area contributed by atoms with Crippen LogP contribution in [0.3, 0.4) is 0 Å². The van der Waals surface area contributed by atoms with Crippen LogP contribution in [0, 0.1) is 5.82 Å². The third kappa shape index (κ3) is 6.60. The summed E-state index contributed by atoms with van der Waals surface area (Å²) < 4.78 is 13.7. The Kier molecular flexibility index (Phi) is 8.80. The summed E-state index contributed by atoms with van der Waals surface area (Å²) in [6.45, 7) is 1.14. The van der Waals surface area contributed by atoms with Crippen LogP contribution in [0.2, 0.25) is 0 Å². The lowest BCUT2D eigenvalue weighted by atomic mass is 10.1. The molecule has 0 unspecified atom stereocenters. The van der Waals surface area contributed by atoms with E-state index in [0.29, 0.717) is 18.7 Å². The van der Waals surface area contributed by atoms with Gasteiger partial charge in [0, 0.05) is 40.3 Å². The lowest BCUT2D eigenvalue weighted by Crippen LogP contribution is -2.35. The van der Waals surface area contributed by atoms with Crippen molar-refractivity contribution in [1.82, 2.24) is 14.7 Å². The third-order valence-electron chi connectivity index (χ3n) is 2.80. The highest BCUT2D eigenvalue weighted by Gasteiger charge is 2.07. The first-order chi connectivity index (χ1) is 9.31. The van der Waals surface area contributed by atoms with Gasteiger partial charge in [-0.15, -0.1) is 24.0 Å². The predicted octanol–water partition coefficient (Wildman–Crippen LogP) is 2.48. The molecule has 0 saturated heterocycles. The average molecular weight is 408 g/mol. The fourth-order valence-corrected chi connectivity index (χ4v) is 2.03. The van der Waals surface area contributed by atoms with Crippen LogP contribution in [-0.2, 0) is 13.1 Å². The van der Waals surface area contributed by atoms with Gasteiger partial charge in [0.1, 0.15) is 5.82 Å². The number of benzene rings is 1. The molecule has 1 aromatic carbocycles. The van der Waals surface area contributed by atoms with Crippen LogP contribution in [-0.4, -0.2) is 62.9 Å². The predicted molar refractivity (Wildman–Crippen MR) is 97.7 cm³/mol. The largest absolute Gasteiger partial charge is 0.349 e. The van der Waals surface area contributed by atoms with Gasteiger partial charge in [0.15, 0.2) is 5.96 Å². The van der Waals surface area contributed by atoms with Crippen molar-refractivity contribution in [2.75, 3.05) is 42.3 Å². The zero-order chi connectivity index (χ0) is 15.3. The topological polar surface area (TPSA) is 22.1 Å². The highest BCUT2D eigenvalue weighted by Crippen LogP contribution is 2.13. The van der Waals surface area contributed by atoms with Gasteiger partial charge in [-0.3, -0.25) is 0 Å². The summed E-state index contributed by atoms with van der Waals surface area (Å²) in [4.78, 5) is 10.5. The standard InChI is InChI=1S/C15H25FN4.HI/c1-18(2)11-13-9-12(7-8-14(13)16)10-17-15(19(3)4)20(5)6;/h7-9H,10-11H2,1-6H3;1H. The van der Waals surface area contributed by atoms with E-state index in [1.54, 1.807) is 6.07 Å². The maximum Gasteiger partial charge on any atom is 0.195 e. The summed E-state index contributed by atoms with van der Waals surface area (Å²) in [6, 6.07) is 5.21. The molecule has 21 heavy (non-hydrogen) atoms. The molecule has 0 amide bonds. The molecule has 0 N–H and O–H groups in total. The molecule has 0 saturated carbocycles. The molecule has 0 aliphatic heterocycles. The fraction of sp³-hybridized carbons (Fsp3) is 0.533. The number of halogens is 2. The van der Waals surface area contributed by atoms with E-state index in [2.05, 4.69) is 4.99 Å². The van der Waals surface area contributed by atoms with Crippen LogP contribution < -0.4 is 0 Å². The van der Waals surface area contributed by atoms with Crippen molar-refractivity contribution >= 4 is 29.9 Å². The lowest BCUT2D eigenvalue weighted by Gasteiger charge is -2.22. The molecular formula is C15H26FIN4. The Bertz CT molecular complexity index is 463. The van der Waals surface area contributed by atoms with Gasteiger partial charge in [0.25, 0.3) is 0 Å². The van der Waals surface area contributed by atoms with Gasteiger partial charge in [-0.1, -0.05) is 6.07 Å². The van der Waals surface area contributed by atoms with Crippen molar-refractivity contribution in [1.29, 1.82) is 0 Å². The molecule has 0 radical (unpaired) electrons. The molecule has 120 valence electrons. The minimum absolute atomic E-state index is 0. The lowest BCUT2D eigenvalue weighted by molar-refractivity contribution is 0.392. The molecule has 1 aromatic rings. The maximum atomic E-state index is 13.7. The number of hydrogen-bond donors (Lipinski definition) is 0. The molecule has 0 aliphatic carbocycles. The minimum Gasteiger partial charge on any atom is -0.349 e. The Morgan fingerprint density at radius 1 is 1.05 bits per heavy atom. The second-order valence-electron chi connectivity index (χ2n) is 5.57. The normalized spacial score (nSPS) is 10.1. The molecule has 0 bridgehead atoms. The summed E-state index contributed by atoms with van der Waals surface area (Å²) in [5.74, 6) is 0.732. The monoisotopic (exact) mass is 408 g/mol. The Labute approximate surface area is 144 Å². The Hall–Kier alpha value is -0.890. The Morgan fingerprint density at radius 3 is 2.10 bits per heavy atom. The Morgan fingerprint density at radius 2 is 1.62 bits per heavy atom. The smallest absolute Gasteiger partial charge is 0.195 e.